The van der Waals surface area contributed by atoms with Crippen molar-refractivity contribution in [1.29, 1.82) is 0 Å². The SMILES string of the molecule is COC1CCC(C#CC2CCC3NC(=O)[C@@]4(C3C2)[C@H](C2CCC(OCCO)CC2)N2[C@H](C3CCCCC3)[C@H](C3CCCCC3)OC(=O)[C@H]2[C@@H]4C(=O)O)CC1. The maximum absolute atomic E-state index is 15.2. The number of carboxylic acid groups (broad SMARTS) is 1. The summed E-state index contributed by atoms with van der Waals surface area (Å²) in [6.45, 7) is 0.288. The second-order valence-electron chi connectivity index (χ2n) is 18.6. The number of aliphatic hydroxyl groups excluding tert-OH is 1. The number of nitrogens with zero attached hydrogens (tertiary/aromatic N) is 1. The Morgan fingerprint density at radius 2 is 1.44 bits per heavy atom. The maximum atomic E-state index is 15.2. The van der Waals surface area contributed by atoms with Crippen LogP contribution >= 0.6 is 0 Å². The number of fused-ring (bicyclic) bond motifs is 3. The summed E-state index contributed by atoms with van der Waals surface area (Å²) in [6, 6.07) is -1.56. The summed E-state index contributed by atoms with van der Waals surface area (Å²) in [4.78, 5) is 46.3. The minimum absolute atomic E-state index is 0.0170. The van der Waals surface area contributed by atoms with E-state index in [1.807, 2.05) is 0 Å². The van der Waals surface area contributed by atoms with Crippen LogP contribution in [0.5, 0.6) is 0 Å². The van der Waals surface area contributed by atoms with Crippen LogP contribution in [-0.4, -0.2) is 95.8 Å². The monoisotopic (exact) mass is 750 g/mol. The Labute approximate surface area is 322 Å². The molecule has 1 amide bonds. The van der Waals surface area contributed by atoms with E-state index in [1.54, 1.807) is 7.11 Å². The van der Waals surface area contributed by atoms with Crippen molar-refractivity contribution in [1.82, 2.24) is 10.2 Å². The average Bonchev–Trinajstić information content (AvgIpc) is 3.69. The smallest absolute Gasteiger partial charge is 0.324 e. The lowest BCUT2D eigenvalue weighted by atomic mass is 9.56. The number of hydrogen-bond acceptors (Lipinski definition) is 8. The Hall–Kier alpha value is -2.19. The molecule has 8 fully saturated rings. The highest BCUT2D eigenvalue weighted by molar-refractivity contribution is 5.97. The molecule has 1 spiro atoms. The highest BCUT2D eigenvalue weighted by Crippen LogP contribution is 2.64. The fraction of sp³-hybridized carbons (Fsp3) is 0.886. The van der Waals surface area contributed by atoms with Crippen molar-refractivity contribution < 1.29 is 38.8 Å². The van der Waals surface area contributed by atoms with Gasteiger partial charge in [0, 0.05) is 31.0 Å². The van der Waals surface area contributed by atoms with E-state index in [-0.39, 0.29) is 66.5 Å². The number of methoxy groups -OCH3 is 1. The third-order valence-electron chi connectivity index (χ3n) is 15.9. The molecule has 8 aliphatic rings. The minimum atomic E-state index is -1.26. The van der Waals surface area contributed by atoms with Gasteiger partial charge in [-0.25, -0.2) is 0 Å². The van der Waals surface area contributed by atoms with Crippen LogP contribution in [0.4, 0.5) is 0 Å². The first kappa shape index (κ1) is 38.7. The summed E-state index contributed by atoms with van der Waals surface area (Å²) >= 11 is 0. The number of esters is 1. The second-order valence-corrected chi connectivity index (χ2v) is 18.6. The number of rotatable bonds is 8. The largest absolute Gasteiger partial charge is 0.481 e. The van der Waals surface area contributed by atoms with Crippen molar-refractivity contribution >= 4 is 17.8 Å². The van der Waals surface area contributed by atoms with Gasteiger partial charge in [-0.3, -0.25) is 19.3 Å². The van der Waals surface area contributed by atoms with E-state index >= 15 is 4.79 Å². The van der Waals surface area contributed by atoms with E-state index in [0.717, 1.165) is 116 Å². The zero-order valence-electron chi connectivity index (χ0n) is 32.6. The molecular formula is C44H66N2O8. The summed E-state index contributed by atoms with van der Waals surface area (Å²) in [5.74, 6) is 5.35. The number of carboxylic acids is 1. The molecule has 3 heterocycles. The molecule has 3 unspecified atom stereocenters. The molecular weight excluding hydrogens is 684 g/mol. The Morgan fingerprint density at radius 1 is 0.815 bits per heavy atom. The van der Waals surface area contributed by atoms with Crippen molar-refractivity contribution in [3.63, 3.8) is 0 Å². The van der Waals surface area contributed by atoms with Gasteiger partial charge in [-0.15, -0.1) is 0 Å². The van der Waals surface area contributed by atoms with Gasteiger partial charge in [0.05, 0.1) is 42.8 Å². The summed E-state index contributed by atoms with van der Waals surface area (Å²) in [7, 11) is 1.79. The number of carbonyl (C=O) groups excluding carboxylic acids is 2. The van der Waals surface area contributed by atoms with E-state index < -0.39 is 29.3 Å². The molecule has 10 nitrogen and oxygen atoms in total. The van der Waals surface area contributed by atoms with Gasteiger partial charge < -0.3 is 29.7 Å². The molecule has 300 valence electrons. The fourth-order valence-electron chi connectivity index (χ4n) is 13.6. The molecule has 0 radical (unpaired) electrons. The van der Waals surface area contributed by atoms with Crippen LogP contribution in [0.15, 0.2) is 0 Å². The molecule has 9 atom stereocenters. The van der Waals surface area contributed by atoms with E-state index in [2.05, 4.69) is 22.1 Å². The molecule has 0 aromatic heterocycles. The van der Waals surface area contributed by atoms with Crippen LogP contribution < -0.4 is 5.32 Å². The van der Waals surface area contributed by atoms with Crippen molar-refractivity contribution in [2.75, 3.05) is 20.3 Å². The first-order valence-corrected chi connectivity index (χ1v) is 22.1. The van der Waals surface area contributed by atoms with E-state index in [9.17, 15) is 19.8 Å². The number of amides is 1. The molecule has 0 bridgehead atoms. The Bertz CT molecular complexity index is 1400. The molecule has 3 N–H and O–H groups in total. The van der Waals surface area contributed by atoms with Crippen LogP contribution in [0.2, 0.25) is 0 Å². The number of aliphatic carboxylic acids is 1. The van der Waals surface area contributed by atoms with E-state index in [1.165, 1.54) is 12.8 Å². The Kier molecular flexibility index (Phi) is 12.0. The van der Waals surface area contributed by atoms with Crippen molar-refractivity contribution in [2.45, 2.75) is 177 Å². The lowest BCUT2D eigenvalue weighted by molar-refractivity contribution is -0.191. The molecule has 10 heteroatoms. The lowest BCUT2D eigenvalue weighted by Gasteiger charge is -2.54. The number of cyclic esters (lactones) is 1. The molecule has 8 rings (SSSR count). The van der Waals surface area contributed by atoms with Crippen molar-refractivity contribution in [3.8, 4) is 11.8 Å². The van der Waals surface area contributed by atoms with Crippen molar-refractivity contribution in [2.24, 2.45) is 46.8 Å². The first-order chi connectivity index (χ1) is 26.3. The van der Waals surface area contributed by atoms with Gasteiger partial charge in [0.25, 0.3) is 0 Å². The van der Waals surface area contributed by atoms with Crippen LogP contribution in [-0.2, 0) is 28.6 Å². The number of morpholine rings is 1. The highest BCUT2D eigenvalue weighted by atomic mass is 16.6. The maximum Gasteiger partial charge on any atom is 0.324 e. The predicted molar refractivity (Wildman–Crippen MR) is 202 cm³/mol. The van der Waals surface area contributed by atoms with Gasteiger partial charge >= 0.3 is 11.9 Å². The van der Waals surface area contributed by atoms with Gasteiger partial charge in [0.15, 0.2) is 0 Å². The number of aliphatic hydroxyl groups is 1. The number of nitrogens with one attached hydrogen (secondary N) is 1. The molecule has 0 aromatic rings. The van der Waals surface area contributed by atoms with E-state index in [0.29, 0.717) is 31.0 Å². The van der Waals surface area contributed by atoms with Crippen LogP contribution in [0.3, 0.4) is 0 Å². The topological polar surface area (TPSA) is 135 Å². The first-order valence-electron chi connectivity index (χ1n) is 22.1. The lowest BCUT2D eigenvalue weighted by Crippen LogP contribution is -2.66. The van der Waals surface area contributed by atoms with E-state index in [4.69, 9.17) is 14.2 Å². The van der Waals surface area contributed by atoms with Crippen molar-refractivity contribution in [3.05, 3.63) is 0 Å². The molecule has 5 aliphatic carbocycles. The zero-order valence-corrected chi connectivity index (χ0v) is 32.6. The second kappa shape index (κ2) is 16.7. The fourth-order valence-corrected chi connectivity index (χ4v) is 13.6. The van der Waals surface area contributed by atoms with Crippen LogP contribution in [0, 0.1) is 58.7 Å². The van der Waals surface area contributed by atoms with Gasteiger partial charge in [0.1, 0.15) is 12.1 Å². The summed E-state index contributed by atoms with van der Waals surface area (Å²) < 4.78 is 18.3. The van der Waals surface area contributed by atoms with Gasteiger partial charge in [-0.1, -0.05) is 50.4 Å². The van der Waals surface area contributed by atoms with Crippen LogP contribution in [0.1, 0.15) is 135 Å². The number of ether oxygens (including phenoxy) is 3. The Morgan fingerprint density at radius 3 is 2.09 bits per heavy atom. The molecule has 5 saturated carbocycles. The number of hydrogen-bond donors (Lipinski definition) is 3. The third kappa shape index (κ3) is 7.04. The molecule has 54 heavy (non-hydrogen) atoms. The molecule has 3 saturated heterocycles. The third-order valence-corrected chi connectivity index (χ3v) is 15.9. The summed E-state index contributed by atoms with van der Waals surface area (Å²) in [6.07, 6.45) is 20.8. The van der Waals surface area contributed by atoms with Gasteiger partial charge in [0.2, 0.25) is 5.91 Å². The summed E-state index contributed by atoms with van der Waals surface area (Å²) in [5.41, 5.74) is -1.26. The normalized spacial score (nSPS) is 43.4. The molecule has 0 aromatic carbocycles. The average molecular weight is 751 g/mol. The minimum Gasteiger partial charge on any atom is -0.481 e. The van der Waals surface area contributed by atoms with Gasteiger partial charge in [-0.2, -0.15) is 0 Å². The van der Waals surface area contributed by atoms with Gasteiger partial charge in [-0.05, 0) is 120 Å². The molecule has 3 aliphatic heterocycles. The Balaban J connectivity index is 1.20. The highest BCUT2D eigenvalue weighted by Gasteiger charge is 2.77. The van der Waals surface area contributed by atoms with Crippen LogP contribution in [0.25, 0.3) is 0 Å². The zero-order chi connectivity index (χ0) is 37.4. The quantitative estimate of drug-likeness (QED) is 0.206. The summed E-state index contributed by atoms with van der Waals surface area (Å²) in [5, 5.41) is 24.4. The predicted octanol–water partition coefficient (Wildman–Crippen LogP) is 5.87. The number of carbonyl (C=O) groups is 3. The standard InChI is InChI=1S/C44H66N2O8/c1-52-32-19-14-27(15-20-32)12-13-28-16-23-35-34(26-28)44(43(51)45-35)36(41(48)49)38-42(50)54-39(30-10-6-3-7-11-30)37(29-8-4-2-5-9-29)46(38)40(44)31-17-21-33(22-18-31)53-25-24-47/h27-40,47H,2-11,14-26H2,1H3,(H,45,51)(H,48,49)/t27?,28?,31?,32?,33?,34?,35?,36-,37-,38-,39+,40+,44-/m1/s1.